The van der Waals surface area contributed by atoms with Crippen molar-refractivity contribution in [1.82, 2.24) is 15.5 Å². The molecule has 6 heteroatoms. The number of ether oxygens (including phenoxy) is 1. The van der Waals surface area contributed by atoms with Crippen LogP contribution in [0.4, 0.5) is 0 Å². The molecule has 1 fully saturated rings. The van der Waals surface area contributed by atoms with Crippen molar-refractivity contribution >= 4 is 29.9 Å². The van der Waals surface area contributed by atoms with E-state index in [0.717, 1.165) is 51.9 Å². The molecular formula is C12H27IN4O. The standard InChI is InChI=1S/C12H26N4O.HI/c1-4-13-12(15-11(2)3)14-5-6-16-7-9-17-10-8-16;/h11H,4-10H2,1-3H3,(H2,13,14,15);1H. The zero-order valence-electron chi connectivity index (χ0n) is 11.7. The Balaban J connectivity index is 0.00000289. The summed E-state index contributed by atoms with van der Waals surface area (Å²) in [6.45, 7) is 12.8. The number of hydrogen-bond donors (Lipinski definition) is 2. The lowest BCUT2D eigenvalue weighted by molar-refractivity contribution is 0.0394. The molecule has 0 saturated carbocycles. The van der Waals surface area contributed by atoms with Crippen LogP contribution in [-0.4, -0.2) is 62.8 Å². The van der Waals surface area contributed by atoms with Gasteiger partial charge in [0.25, 0.3) is 0 Å². The molecule has 0 spiro atoms. The molecule has 0 aromatic carbocycles. The van der Waals surface area contributed by atoms with Crippen LogP contribution in [0, 0.1) is 0 Å². The number of nitrogens with one attached hydrogen (secondary N) is 2. The number of hydrogen-bond acceptors (Lipinski definition) is 3. The van der Waals surface area contributed by atoms with Crippen molar-refractivity contribution in [2.24, 2.45) is 4.99 Å². The number of aliphatic imine (C=N–C) groups is 1. The largest absolute Gasteiger partial charge is 0.379 e. The Morgan fingerprint density at radius 1 is 1.33 bits per heavy atom. The Morgan fingerprint density at radius 3 is 2.56 bits per heavy atom. The summed E-state index contributed by atoms with van der Waals surface area (Å²) in [7, 11) is 0. The molecule has 0 atom stereocenters. The second-order valence-electron chi connectivity index (χ2n) is 4.51. The summed E-state index contributed by atoms with van der Waals surface area (Å²) in [5, 5.41) is 6.56. The van der Waals surface area contributed by atoms with Crippen LogP contribution in [0.15, 0.2) is 4.99 Å². The van der Waals surface area contributed by atoms with Gasteiger partial charge < -0.3 is 15.4 Å². The smallest absolute Gasteiger partial charge is 0.191 e. The SMILES string of the molecule is CCNC(=NCCN1CCOCC1)NC(C)C.I. The number of rotatable bonds is 5. The third-order valence-electron chi connectivity index (χ3n) is 2.56. The minimum absolute atomic E-state index is 0. The Hall–Kier alpha value is -0.0800. The van der Waals surface area contributed by atoms with Gasteiger partial charge in [-0.05, 0) is 20.8 Å². The van der Waals surface area contributed by atoms with Gasteiger partial charge in [0.15, 0.2) is 5.96 Å². The maximum Gasteiger partial charge on any atom is 0.191 e. The molecule has 0 radical (unpaired) electrons. The van der Waals surface area contributed by atoms with Gasteiger partial charge >= 0.3 is 0 Å². The van der Waals surface area contributed by atoms with E-state index in [9.17, 15) is 0 Å². The van der Waals surface area contributed by atoms with Crippen molar-refractivity contribution in [1.29, 1.82) is 0 Å². The molecule has 2 N–H and O–H groups in total. The number of nitrogens with zero attached hydrogens (tertiary/aromatic N) is 2. The molecule has 1 saturated heterocycles. The summed E-state index contributed by atoms with van der Waals surface area (Å²) in [5.74, 6) is 0.913. The summed E-state index contributed by atoms with van der Waals surface area (Å²) in [4.78, 5) is 6.95. The third kappa shape index (κ3) is 8.10. The van der Waals surface area contributed by atoms with Crippen molar-refractivity contribution in [3.63, 3.8) is 0 Å². The van der Waals surface area contributed by atoms with Crippen LogP contribution in [0.1, 0.15) is 20.8 Å². The van der Waals surface area contributed by atoms with Gasteiger partial charge in [-0.15, -0.1) is 24.0 Å². The van der Waals surface area contributed by atoms with Gasteiger partial charge in [-0.3, -0.25) is 9.89 Å². The molecule has 0 aromatic rings. The molecule has 18 heavy (non-hydrogen) atoms. The minimum Gasteiger partial charge on any atom is -0.379 e. The minimum atomic E-state index is 0. The first-order valence-electron chi connectivity index (χ1n) is 6.57. The Labute approximate surface area is 128 Å². The van der Waals surface area contributed by atoms with E-state index >= 15 is 0 Å². The van der Waals surface area contributed by atoms with Crippen LogP contribution in [0.5, 0.6) is 0 Å². The summed E-state index contributed by atoms with van der Waals surface area (Å²) in [5.41, 5.74) is 0. The molecule has 108 valence electrons. The second kappa shape index (κ2) is 10.8. The van der Waals surface area contributed by atoms with Crippen molar-refractivity contribution in [2.45, 2.75) is 26.8 Å². The molecule has 1 heterocycles. The van der Waals surface area contributed by atoms with Gasteiger partial charge in [0.2, 0.25) is 0 Å². The van der Waals surface area contributed by atoms with E-state index in [2.05, 4.69) is 41.3 Å². The monoisotopic (exact) mass is 370 g/mol. The van der Waals surface area contributed by atoms with Crippen molar-refractivity contribution in [3.8, 4) is 0 Å². The molecule has 1 rings (SSSR count). The van der Waals surface area contributed by atoms with E-state index < -0.39 is 0 Å². The fourth-order valence-corrected chi connectivity index (χ4v) is 1.72. The van der Waals surface area contributed by atoms with Gasteiger partial charge in [-0.1, -0.05) is 0 Å². The van der Waals surface area contributed by atoms with Crippen LogP contribution in [0.25, 0.3) is 0 Å². The molecule has 0 bridgehead atoms. The van der Waals surface area contributed by atoms with Crippen LogP contribution in [0.2, 0.25) is 0 Å². The summed E-state index contributed by atoms with van der Waals surface area (Å²) >= 11 is 0. The molecule has 1 aliphatic heterocycles. The fraction of sp³-hybridized carbons (Fsp3) is 0.917. The van der Waals surface area contributed by atoms with Crippen LogP contribution in [0.3, 0.4) is 0 Å². The maximum atomic E-state index is 5.32. The van der Waals surface area contributed by atoms with Gasteiger partial charge in [0.05, 0.1) is 19.8 Å². The predicted octanol–water partition coefficient (Wildman–Crippen LogP) is 0.900. The zero-order chi connectivity index (χ0) is 12.5. The Morgan fingerprint density at radius 2 is 2.00 bits per heavy atom. The first kappa shape index (κ1) is 17.9. The average molecular weight is 370 g/mol. The topological polar surface area (TPSA) is 48.9 Å². The summed E-state index contributed by atoms with van der Waals surface area (Å²) in [6.07, 6.45) is 0. The lowest BCUT2D eigenvalue weighted by atomic mass is 10.4. The van der Waals surface area contributed by atoms with Gasteiger partial charge in [0, 0.05) is 32.2 Å². The van der Waals surface area contributed by atoms with Crippen molar-refractivity contribution < 1.29 is 4.74 Å². The number of guanidine groups is 1. The van der Waals surface area contributed by atoms with Gasteiger partial charge in [0.1, 0.15) is 0 Å². The van der Waals surface area contributed by atoms with Crippen molar-refractivity contribution in [2.75, 3.05) is 45.9 Å². The van der Waals surface area contributed by atoms with E-state index in [-0.39, 0.29) is 24.0 Å². The lowest BCUT2D eigenvalue weighted by Gasteiger charge is -2.25. The highest BCUT2D eigenvalue weighted by Gasteiger charge is 2.09. The van der Waals surface area contributed by atoms with Gasteiger partial charge in [-0.25, -0.2) is 0 Å². The highest BCUT2D eigenvalue weighted by Crippen LogP contribution is 1.95. The van der Waals surface area contributed by atoms with Crippen molar-refractivity contribution in [3.05, 3.63) is 0 Å². The van der Waals surface area contributed by atoms with E-state index in [1.807, 2.05) is 0 Å². The lowest BCUT2D eigenvalue weighted by Crippen LogP contribution is -2.42. The predicted molar refractivity (Wildman–Crippen MR) is 86.9 cm³/mol. The average Bonchev–Trinajstić information content (AvgIpc) is 2.30. The van der Waals surface area contributed by atoms with E-state index in [4.69, 9.17) is 4.74 Å². The van der Waals surface area contributed by atoms with Crippen LogP contribution < -0.4 is 10.6 Å². The quantitative estimate of drug-likeness (QED) is 0.429. The van der Waals surface area contributed by atoms with E-state index in [1.54, 1.807) is 0 Å². The van der Waals surface area contributed by atoms with Gasteiger partial charge in [-0.2, -0.15) is 0 Å². The zero-order valence-corrected chi connectivity index (χ0v) is 14.1. The highest BCUT2D eigenvalue weighted by atomic mass is 127. The number of morpholine rings is 1. The molecule has 0 aromatic heterocycles. The first-order chi connectivity index (χ1) is 8.22. The first-order valence-corrected chi connectivity index (χ1v) is 6.57. The third-order valence-corrected chi connectivity index (χ3v) is 2.56. The van der Waals surface area contributed by atoms with E-state index in [0.29, 0.717) is 6.04 Å². The van der Waals surface area contributed by atoms with E-state index in [1.165, 1.54) is 0 Å². The Bertz CT molecular complexity index is 230. The molecule has 1 aliphatic rings. The van der Waals surface area contributed by atoms with Crippen LogP contribution >= 0.6 is 24.0 Å². The molecular weight excluding hydrogens is 343 g/mol. The maximum absolute atomic E-state index is 5.32. The summed E-state index contributed by atoms with van der Waals surface area (Å²) < 4.78 is 5.32. The second-order valence-corrected chi connectivity index (χ2v) is 4.51. The fourth-order valence-electron chi connectivity index (χ4n) is 1.72. The summed E-state index contributed by atoms with van der Waals surface area (Å²) in [6, 6.07) is 0.413. The number of halogens is 1. The highest BCUT2D eigenvalue weighted by molar-refractivity contribution is 14.0. The molecule has 0 amide bonds. The van der Waals surface area contributed by atoms with Crippen LogP contribution in [-0.2, 0) is 4.74 Å². The molecule has 0 aliphatic carbocycles. The molecule has 5 nitrogen and oxygen atoms in total. The molecule has 0 unspecified atom stereocenters. The Kier molecular flexibility index (Phi) is 10.8. The normalized spacial score (nSPS) is 17.4.